The quantitative estimate of drug-likeness (QED) is 0.416. The average molecular weight is 500 g/mol. The van der Waals surface area contributed by atoms with Gasteiger partial charge in [0.1, 0.15) is 11.8 Å². The number of aromatic amines is 1. The zero-order valence-corrected chi connectivity index (χ0v) is 21.2. The van der Waals surface area contributed by atoms with Crippen molar-refractivity contribution in [1.82, 2.24) is 35.0 Å². The van der Waals surface area contributed by atoms with E-state index >= 15 is 0 Å². The number of benzene rings is 2. The van der Waals surface area contributed by atoms with Crippen LogP contribution in [0.3, 0.4) is 0 Å². The number of hydrogen-bond acceptors (Lipinski definition) is 7. The number of piperazine rings is 1. The number of methoxy groups -OCH3 is 1. The van der Waals surface area contributed by atoms with E-state index in [1.54, 1.807) is 7.11 Å². The first-order chi connectivity index (χ1) is 18.2. The van der Waals surface area contributed by atoms with E-state index in [0.717, 1.165) is 68.0 Å². The predicted octanol–water partition coefficient (Wildman–Crippen LogP) is 3.55. The molecule has 1 N–H and O–H groups in total. The zero-order valence-electron chi connectivity index (χ0n) is 21.2. The third kappa shape index (κ3) is 4.89. The lowest BCUT2D eigenvalue weighted by molar-refractivity contribution is 0.0989. The number of aromatic nitrogens is 5. The van der Waals surface area contributed by atoms with Crippen molar-refractivity contribution in [1.29, 1.82) is 0 Å². The van der Waals surface area contributed by atoms with E-state index in [-0.39, 0.29) is 17.6 Å². The van der Waals surface area contributed by atoms with Crippen molar-refractivity contribution in [3.8, 4) is 5.75 Å². The first kappa shape index (κ1) is 23.8. The molecule has 1 aliphatic heterocycles. The molecule has 9 heteroatoms. The smallest absolute Gasteiger partial charge is 0.253 e. The summed E-state index contributed by atoms with van der Waals surface area (Å²) >= 11 is 0. The lowest BCUT2D eigenvalue weighted by Crippen LogP contribution is -2.48. The van der Waals surface area contributed by atoms with Crippen LogP contribution in [0.4, 0.5) is 0 Å². The molecular formula is C28H33N7O2. The van der Waals surface area contributed by atoms with Gasteiger partial charge in [0, 0.05) is 49.2 Å². The molecule has 2 aliphatic rings. The number of fused-ring (bicyclic) bond motifs is 1. The Hall–Kier alpha value is -3.56. The molecule has 6 rings (SSSR count). The Morgan fingerprint density at radius 1 is 1.03 bits per heavy atom. The molecule has 0 bridgehead atoms. The van der Waals surface area contributed by atoms with Gasteiger partial charge in [0.25, 0.3) is 5.56 Å². The van der Waals surface area contributed by atoms with E-state index in [1.807, 2.05) is 28.9 Å². The minimum absolute atomic E-state index is 0.102. The molecule has 1 aliphatic carbocycles. The second-order valence-corrected chi connectivity index (χ2v) is 10.1. The van der Waals surface area contributed by atoms with E-state index in [0.29, 0.717) is 5.56 Å². The summed E-state index contributed by atoms with van der Waals surface area (Å²) in [6, 6.07) is 18.2. The monoisotopic (exact) mass is 499 g/mol. The average Bonchev–Trinajstić information content (AvgIpc) is 3.63. The Bertz CT molecular complexity index is 1400. The SMILES string of the molecule is COc1ccc2[nH]c(=O)c([C@H](c3nnnn3C3CCCC3)N3CCN(Cc4ccccc4)CC3)cc2c1. The third-order valence-corrected chi connectivity index (χ3v) is 7.83. The summed E-state index contributed by atoms with van der Waals surface area (Å²) in [5.41, 5.74) is 2.68. The summed E-state index contributed by atoms with van der Waals surface area (Å²) in [7, 11) is 1.65. The van der Waals surface area contributed by atoms with Crippen LogP contribution >= 0.6 is 0 Å². The number of pyridine rings is 1. The van der Waals surface area contributed by atoms with Gasteiger partial charge in [-0.25, -0.2) is 4.68 Å². The molecule has 3 heterocycles. The van der Waals surface area contributed by atoms with Crippen molar-refractivity contribution in [2.45, 2.75) is 44.3 Å². The van der Waals surface area contributed by atoms with Crippen molar-refractivity contribution in [3.05, 3.63) is 81.9 Å². The Balaban J connectivity index is 1.35. The number of H-pyrrole nitrogens is 1. The maximum atomic E-state index is 13.5. The van der Waals surface area contributed by atoms with Crippen molar-refractivity contribution < 1.29 is 4.74 Å². The summed E-state index contributed by atoms with van der Waals surface area (Å²) in [4.78, 5) is 21.4. The number of hydrogen-bond donors (Lipinski definition) is 1. The van der Waals surface area contributed by atoms with Crippen LogP contribution in [0, 0.1) is 0 Å². The maximum Gasteiger partial charge on any atom is 0.253 e. The highest BCUT2D eigenvalue weighted by atomic mass is 16.5. The summed E-state index contributed by atoms with van der Waals surface area (Å²) in [5.74, 6) is 1.52. The molecule has 0 unspecified atom stereocenters. The summed E-state index contributed by atoms with van der Waals surface area (Å²) in [6.07, 6.45) is 4.51. The summed E-state index contributed by atoms with van der Waals surface area (Å²) < 4.78 is 7.43. The van der Waals surface area contributed by atoms with Gasteiger partial charge in [-0.2, -0.15) is 0 Å². The van der Waals surface area contributed by atoms with E-state index in [4.69, 9.17) is 4.74 Å². The Kier molecular flexibility index (Phi) is 6.72. The first-order valence-electron chi connectivity index (χ1n) is 13.2. The van der Waals surface area contributed by atoms with Crippen LogP contribution in [0.1, 0.15) is 54.7 Å². The highest BCUT2D eigenvalue weighted by Gasteiger charge is 2.34. The third-order valence-electron chi connectivity index (χ3n) is 7.83. The van der Waals surface area contributed by atoms with Gasteiger partial charge < -0.3 is 9.72 Å². The van der Waals surface area contributed by atoms with Crippen LogP contribution < -0.4 is 10.3 Å². The molecule has 1 atom stereocenters. The normalized spacial score (nSPS) is 18.4. The van der Waals surface area contributed by atoms with Gasteiger partial charge in [0.15, 0.2) is 5.82 Å². The highest BCUT2D eigenvalue weighted by molar-refractivity contribution is 5.80. The minimum atomic E-state index is -0.325. The fraction of sp³-hybridized carbons (Fsp3) is 0.429. The first-order valence-corrected chi connectivity index (χ1v) is 13.2. The van der Waals surface area contributed by atoms with Gasteiger partial charge in [0.2, 0.25) is 0 Å². The van der Waals surface area contributed by atoms with Crippen molar-refractivity contribution in [2.24, 2.45) is 0 Å². The lowest BCUT2D eigenvalue weighted by Gasteiger charge is -2.39. The molecule has 1 saturated carbocycles. The molecule has 2 aromatic carbocycles. The van der Waals surface area contributed by atoms with Gasteiger partial charge in [-0.05, 0) is 53.1 Å². The lowest BCUT2D eigenvalue weighted by atomic mass is 10.0. The molecule has 1 saturated heterocycles. The van der Waals surface area contributed by atoms with E-state index in [9.17, 15) is 4.79 Å². The molecule has 0 radical (unpaired) electrons. The highest BCUT2D eigenvalue weighted by Crippen LogP contribution is 2.34. The van der Waals surface area contributed by atoms with Gasteiger partial charge in [-0.3, -0.25) is 14.6 Å². The van der Waals surface area contributed by atoms with Gasteiger partial charge >= 0.3 is 0 Å². The summed E-state index contributed by atoms with van der Waals surface area (Å²) in [6.45, 7) is 4.40. The van der Waals surface area contributed by atoms with Crippen LogP contribution in [0.25, 0.3) is 10.9 Å². The number of tetrazole rings is 1. The van der Waals surface area contributed by atoms with E-state index in [2.05, 4.69) is 60.6 Å². The molecule has 4 aromatic rings. The van der Waals surface area contributed by atoms with Crippen LogP contribution in [0.5, 0.6) is 5.75 Å². The molecule has 9 nitrogen and oxygen atoms in total. The fourth-order valence-corrected chi connectivity index (χ4v) is 5.84. The van der Waals surface area contributed by atoms with E-state index < -0.39 is 0 Å². The van der Waals surface area contributed by atoms with Crippen LogP contribution in [0.15, 0.2) is 59.4 Å². The predicted molar refractivity (Wildman–Crippen MR) is 142 cm³/mol. The maximum absolute atomic E-state index is 13.5. The minimum Gasteiger partial charge on any atom is -0.497 e. The molecule has 37 heavy (non-hydrogen) atoms. The van der Waals surface area contributed by atoms with Crippen molar-refractivity contribution in [2.75, 3.05) is 33.3 Å². The Morgan fingerprint density at radius 3 is 2.57 bits per heavy atom. The Labute approximate surface area is 216 Å². The van der Waals surface area contributed by atoms with Crippen molar-refractivity contribution in [3.63, 3.8) is 0 Å². The number of ether oxygens (including phenoxy) is 1. The van der Waals surface area contributed by atoms with E-state index in [1.165, 1.54) is 18.4 Å². The molecule has 2 aromatic heterocycles. The van der Waals surface area contributed by atoms with Crippen LogP contribution in [-0.2, 0) is 6.54 Å². The van der Waals surface area contributed by atoms with Crippen molar-refractivity contribution >= 4 is 10.9 Å². The van der Waals surface area contributed by atoms with Crippen LogP contribution in [0.2, 0.25) is 0 Å². The largest absolute Gasteiger partial charge is 0.497 e. The topological polar surface area (TPSA) is 92.2 Å². The molecule has 2 fully saturated rings. The standard InChI is InChI=1S/C28H33N7O2/c1-37-23-11-12-25-21(17-23)18-24(28(36)29-25)26(27-30-31-32-35(27)22-9-5-6-10-22)34-15-13-33(14-16-34)19-20-7-3-2-4-8-20/h2-4,7-8,11-12,17-18,22,26H,5-6,9-10,13-16,19H2,1H3,(H,29,36)/t26-/m1/s1. The van der Waals surface area contributed by atoms with Gasteiger partial charge in [-0.15, -0.1) is 5.10 Å². The molecule has 192 valence electrons. The fourth-order valence-electron chi connectivity index (χ4n) is 5.84. The molecule has 0 spiro atoms. The molecule has 0 amide bonds. The second-order valence-electron chi connectivity index (χ2n) is 10.1. The zero-order chi connectivity index (χ0) is 25.2. The number of nitrogens with one attached hydrogen (secondary N) is 1. The summed E-state index contributed by atoms with van der Waals surface area (Å²) in [5, 5.41) is 14.0. The Morgan fingerprint density at radius 2 is 1.81 bits per heavy atom. The number of rotatable bonds is 7. The number of nitrogens with zero attached hydrogens (tertiary/aromatic N) is 6. The van der Waals surface area contributed by atoms with Gasteiger partial charge in [0.05, 0.1) is 13.2 Å². The van der Waals surface area contributed by atoms with Gasteiger partial charge in [-0.1, -0.05) is 43.2 Å². The molecular weight excluding hydrogens is 466 g/mol. The van der Waals surface area contributed by atoms with Crippen LogP contribution in [-0.4, -0.2) is 68.3 Å². The second kappa shape index (κ2) is 10.4.